The van der Waals surface area contributed by atoms with E-state index in [1.807, 2.05) is 13.0 Å². The summed E-state index contributed by atoms with van der Waals surface area (Å²) in [6, 6.07) is 11.3. The van der Waals surface area contributed by atoms with E-state index < -0.39 is 0 Å². The lowest BCUT2D eigenvalue weighted by atomic mass is 10.1. The maximum Gasteiger partial charge on any atom is 0.150 e. The SMILES string of the molecule is Cc1cc(C)c(C)c(Oc2ccc(C=O)cc2)c1. The summed E-state index contributed by atoms with van der Waals surface area (Å²) in [5.74, 6) is 1.61. The Hall–Kier alpha value is -2.09. The second-order valence-electron chi connectivity index (χ2n) is 4.49. The topological polar surface area (TPSA) is 26.3 Å². The predicted molar refractivity (Wildman–Crippen MR) is 72.6 cm³/mol. The Kier molecular flexibility index (Phi) is 3.47. The van der Waals surface area contributed by atoms with E-state index in [9.17, 15) is 4.79 Å². The largest absolute Gasteiger partial charge is 0.457 e. The Bertz CT molecular complexity index is 568. The van der Waals surface area contributed by atoms with Crippen LogP contribution in [0.15, 0.2) is 36.4 Å². The molecule has 0 saturated carbocycles. The molecule has 2 aromatic carbocycles. The standard InChI is InChI=1S/C16H16O2/c1-11-8-12(2)13(3)16(9-11)18-15-6-4-14(10-17)5-7-15/h4-10H,1-3H3. The number of rotatable bonds is 3. The minimum absolute atomic E-state index is 0.652. The summed E-state index contributed by atoms with van der Waals surface area (Å²) in [5, 5.41) is 0. The molecule has 0 aliphatic rings. The zero-order chi connectivity index (χ0) is 13.1. The van der Waals surface area contributed by atoms with Crippen molar-refractivity contribution in [1.29, 1.82) is 0 Å². The van der Waals surface area contributed by atoms with Crippen molar-refractivity contribution >= 4 is 6.29 Å². The molecule has 0 N–H and O–H groups in total. The summed E-state index contributed by atoms with van der Waals surface area (Å²) in [4.78, 5) is 10.6. The van der Waals surface area contributed by atoms with E-state index in [-0.39, 0.29) is 0 Å². The molecule has 2 aromatic rings. The zero-order valence-electron chi connectivity index (χ0n) is 10.9. The van der Waals surface area contributed by atoms with Crippen LogP contribution in [0.3, 0.4) is 0 Å². The zero-order valence-corrected chi connectivity index (χ0v) is 10.9. The van der Waals surface area contributed by atoms with Gasteiger partial charge in [0.05, 0.1) is 0 Å². The summed E-state index contributed by atoms with van der Waals surface area (Å²) >= 11 is 0. The second-order valence-corrected chi connectivity index (χ2v) is 4.49. The van der Waals surface area contributed by atoms with Gasteiger partial charge in [0.2, 0.25) is 0 Å². The van der Waals surface area contributed by atoms with Gasteiger partial charge in [0.25, 0.3) is 0 Å². The Labute approximate surface area is 107 Å². The Morgan fingerprint density at radius 2 is 1.67 bits per heavy atom. The maximum atomic E-state index is 10.6. The van der Waals surface area contributed by atoms with Gasteiger partial charge in [-0.2, -0.15) is 0 Å². The first kappa shape index (κ1) is 12.4. The molecule has 0 spiro atoms. The van der Waals surface area contributed by atoms with Gasteiger partial charge in [-0.15, -0.1) is 0 Å². The highest BCUT2D eigenvalue weighted by Crippen LogP contribution is 2.28. The molecule has 0 aromatic heterocycles. The van der Waals surface area contributed by atoms with E-state index in [4.69, 9.17) is 4.74 Å². The Balaban J connectivity index is 2.30. The molecular formula is C16H16O2. The maximum absolute atomic E-state index is 10.6. The molecule has 0 bridgehead atoms. The van der Waals surface area contributed by atoms with Crippen LogP contribution in [0, 0.1) is 20.8 Å². The van der Waals surface area contributed by atoms with E-state index in [1.165, 1.54) is 11.1 Å². The van der Waals surface area contributed by atoms with Crippen LogP contribution in [-0.4, -0.2) is 6.29 Å². The first-order valence-corrected chi connectivity index (χ1v) is 5.91. The van der Waals surface area contributed by atoms with E-state index in [0.717, 1.165) is 23.3 Å². The first-order valence-electron chi connectivity index (χ1n) is 5.91. The molecule has 0 atom stereocenters. The first-order chi connectivity index (χ1) is 8.60. The van der Waals surface area contributed by atoms with E-state index >= 15 is 0 Å². The summed E-state index contributed by atoms with van der Waals surface area (Å²) in [7, 11) is 0. The van der Waals surface area contributed by atoms with E-state index in [1.54, 1.807) is 24.3 Å². The second kappa shape index (κ2) is 5.05. The monoisotopic (exact) mass is 240 g/mol. The van der Waals surface area contributed by atoms with Gasteiger partial charge >= 0.3 is 0 Å². The number of aldehydes is 1. The highest BCUT2D eigenvalue weighted by Gasteiger charge is 2.05. The lowest BCUT2D eigenvalue weighted by molar-refractivity contribution is 0.112. The fourth-order valence-electron chi connectivity index (χ4n) is 1.85. The van der Waals surface area contributed by atoms with Crippen LogP contribution >= 0.6 is 0 Å². The van der Waals surface area contributed by atoms with Gasteiger partial charge in [-0.05, 0) is 67.8 Å². The van der Waals surface area contributed by atoms with Gasteiger partial charge in [-0.25, -0.2) is 0 Å². The third-order valence-electron chi connectivity index (χ3n) is 3.01. The smallest absolute Gasteiger partial charge is 0.150 e. The van der Waals surface area contributed by atoms with Crippen molar-refractivity contribution in [2.24, 2.45) is 0 Å². The average molecular weight is 240 g/mol. The predicted octanol–water partition coefficient (Wildman–Crippen LogP) is 4.22. The van der Waals surface area contributed by atoms with Crippen LogP contribution in [0.1, 0.15) is 27.0 Å². The number of aryl methyl sites for hydroxylation is 2. The molecule has 0 aliphatic heterocycles. The van der Waals surface area contributed by atoms with Crippen LogP contribution in [0.25, 0.3) is 0 Å². The molecule has 0 heterocycles. The van der Waals surface area contributed by atoms with Gasteiger partial charge in [-0.1, -0.05) is 6.07 Å². The minimum Gasteiger partial charge on any atom is -0.457 e. The Morgan fingerprint density at radius 3 is 2.28 bits per heavy atom. The van der Waals surface area contributed by atoms with Crippen molar-refractivity contribution < 1.29 is 9.53 Å². The third-order valence-corrected chi connectivity index (χ3v) is 3.01. The number of carbonyl (C=O) groups excluding carboxylic acids is 1. The molecule has 2 nitrogen and oxygen atoms in total. The van der Waals surface area contributed by atoms with Crippen molar-refractivity contribution in [2.75, 3.05) is 0 Å². The van der Waals surface area contributed by atoms with Crippen LogP contribution in [-0.2, 0) is 0 Å². The number of benzene rings is 2. The lowest BCUT2D eigenvalue weighted by Gasteiger charge is -2.12. The highest BCUT2D eigenvalue weighted by molar-refractivity contribution is 5.74. The molecular weight excluding hydrogens is 224 g/mol. The molecule has 0 saturated heterocycles. The van der Waals surface area contributed by atoms with Crippen LogP contribution < -0.4 is 4.74 Å². The number of hydrogen-bond donors (Lipinski definition) is 0. The fraction of sp³-hybridized carbons (Fsp3) is 0.188. The van der Waals surface area contributed by atoms with Crippen molar-refractivity contribution in [3.8, 4) is 11.5 Å². The van der Waals surface area contributed by atoms with Crippen LogP contribution in [0.5, 0.6) is 11.5 Å². The van der Waals surface area contributed by atoms with Gasteiger partial charge in [0.1, 0.15) is 17.8 Å². The molecule has 0 fully saturated rings. The number of carbonyl (C=O) groups is 1. The van der Waals surface area contributed by atoms with Gasteiger partial charge in [-0.3, -0.25) is 4.79 Å². The quantitative estimate of drug-likeness (QED) is 0.751. The normalized spacial score (nSPS) is 10.2. The van der Waals surface area contributed by atoms with Gasteiger partial charge in [0, 0.05) is 5.56 Å². The molecule has 92 valence electrons. The Morgan fingerprint density at radius 1 is 1.00 bits per heavy atom. The van der Waals surface area contributed by atoms with Gasteiger partial charge in [0.15, 0.2) is 0 Å². The summed E-state index contributed by atoms with van der Waals surface area (Å²) in [6.07, 6.45) is 0.825. The van der Waals surface area contributed by atoms with E-state index in [0.29, 0.717) is 5.56 Å². The third kappa shape index (κ3) is 2.59. The van der Waals surface area contributed by atoms with Crippen molar-refractivity contribution in [1.82, 2.24) is 0 Å². The highest BCUT2D eigenvalue weighted by atomic mass is 16.5. The van der Waals surface area contributed by atoms with Crippen LogP contribution in [0.2, 0.25) is 0 Å². The van der Waals surface area contributed by atoms with E-state index in [2.05, 4.69) is 19.9 Å². The van der Waals surface area contributed by atoms with Crippen molar-refractivity contribution in [3.05, 3.63) is 58.7 Å². The van der Waals surface area contributed by atoms with Crippen molar-refractivity contribution in [2.45, 2.75) is 20.8 Å². The average Bonchev–Trinajstić information content (AvgIpc) is 2.36. The molecule has 0 unspecified atom stereocenters. The molecule has 18 heavy (non-hydrogen) atoms. The van der Waals surface area contributed by atoms with Crippen LogP contribution in [0.4, 0.5) is 0 Å². The lowest BCUT2D eigenvalue weighted by Crippen LogP contribution is -1.92. The molecule has 2 rings (SSSR count). The van der Waals surface area contributed by atoms with Crippen molar-refractivity contribution in [3.63, 3.8) is 0 Å². The summed E-state index contributed by atoms with van der Waals surface area (Å²) in [5.41, 5.74) is 4.19. The molecule has 0 radical (unpaired) electrons. The number of ether oxygens (including phenoxy) is 1. The van der Waals surface area contributed by atoms with Gasteiger partial charge < -0.3 is 4.74 Å². The number of hydrogen-bond acceptors (Lipinski definition) is 2. The molecule has 2 heteroatoms. The summed E-state index contributed by atoms with van der Waals surface area (Å²) in [6.45, 7) is 6.17. The summed E-state index contributed by atoms with van der Waals surface area (Å²) < 4.78 is 5.85. The molecule has 0 amide bonds. The fourth-order valence-corrected chi connectivity index (χ4v) is 1.85. The molecule has 0 aliphatic carbocycles. The minimum atomic E-state index is 0.652.